The van der Waals surface area contributed by atoms with E-state index in [4.69, 9.17) is 4.74 Å². The van der Waals surface area contributed by atoms with Crippen molar-refractivity contribution in [2.75, 3.05) is 7.11 Å². The number of phenolic OH excluding ortho intramolecular Hbond substituents is 3. The monoisotopic (exact) mass is 260 g/mol. The number of hydrogen-bond donors (Lipinski definition) is 3. The minimum Gasteiger partial charge on any atom is -0.508 e. The Kier molecular flexibility index (Phi) is 3.25. The quantitative estimate of drug-likeness (QED) is 0.776. The molecule has 0 aliphatic rings. The number of hydrogen-bond acceptors (Lipinski definition) is 4. The van der Waals surface area contributed by atoms with Crippen molar-refractivity contribution in [3.8, 4) is 34.1 Å². The first-order valence-corrected chi connectivity index (χ1v) is 5.85. The molecule has 0 aliphatic heterocycles. The van der Waals surface area contributed by atoms with Crippen LogP contribution in [0, 0.1) is 13.8 Å². The van der Waals surface area contributed by atoms with Crippen LogP contribution in [0.1, 0.15) is 11.1 Å². The maximum atomic E-state index is 10.1. The van der Waals surface area contributed by atoms with Crippen molar-refractivity contribution >= 4 is 0 Å². The van der Waals surface area contributed by atoms with Gasteiger partial charge < -0.3 is 20.1 Å². The van der Waals surface area contributed by atoms with Crippen LogP contribution in [-0.4, -0.2) is 22.4 Å². The maximum absolute atomic E-state index is 10.1. The van der Waals surface area contributed by atoms with Crippen LogP contribution in [0.25, 0.3) is 11.1 Å². The summed E-state index contributed by atoms with van der Waals surface area (Å²) >= 11 is 0. The van der Waals surface area contributed by atoms with Crippen molar-refractivity contribution in [1.82, 2.24) is 0 Å². The molecule has 0 fully saturated rings. The van der Waals surface area contributed by atoms with E-state index in [0.29, 0.717) is 16.9 Å². The number of ether oxygens (including phenoxy) is 1. The molecule has 4 heteroatoms. The predicted octanol–water partition coefficient (Wildman–Crippen LogP) is 3.10. The molecule has 2 aromatic carbocycles. The standard InChI is InChI=1S/C15H16O4/c1-8-6-13(18)14(9(2)15(8)19-3)11-5-4-10(16)7-12(11)17/h4-7,16-18H,1-3H3. The molecule has 3 N–H and O–H groups in total. The molecule has 0 heterocycles. The van der Waals surface area contributed by atoms with Gasteiger partial charge in [0, 0.05) is 22.8 Å². The molecule has 19 heavy (non-hydrogen) atoms. The Hall–Kier alpha value is -2.36. The fraction of sp³-hybridized carbons (Fsp3) is 0.200. The van der Waals surface area contributed by atoms with Gasteiger partial charge in [-0.3, -0.25) is 0 Å². The highest BCUT2D eigenvalue weighted by atomic mass is 16.5. The number of aromatic hydroxyl groups is 3. The molecule has 0 bridgehead atoms. The Bertz CT molecular complexity index is 633. The number of rotatable bonds is 2. The van der Waals surface area contributed by atoms with Crippen LogP contribution in [0.2, 0.25) is 0 Å². The summed E-state index contributed by atoms with van der Waals surface area (Å²) in [5.74, 6) is 0.610. The fourth-order valence-electron chi connectivity index (χ4n) is 2.33. The summed E-state index contributed by atoms with van der Waals surface area (Å²) in [4.78, 5) is 0. The van der Waals surface area contributed by atoms with Gasteiger partial charge in [0.15, 0.2) is 0 Å². The van der Waals surface area contributed by atoms with E-state index >= 15 is 0 Å². The van der Waals surface area contributed by atoms with Crippen LogP contribution in [0.5, 0.6) is 23.0 Å². The largest absolute Gasteiger partial charge is 0.508 e. The highest BCUT2D eigenvalue weighted by Gasteiger charge is 2.17. The van der Waals surface area contributed by atoms with Crippen molar-refractivity contribution in [2.45, 2.75) is 13.8 Å². The van der Waals surface area contributed by atoms with Gasteiger partial charge >= 0.3 is 0 Å². The smallest absolute Gasteiger partial charge is 0.127 e. The summed E-state index contributed by atoms with van der Waals surface area (Å²) in [5.41, 5.74) is 2.51. The highest BCUT2D eigenvalue weighted by molar-refractivity contribution is 5.81. The van der Waals surface area contributed by atoms with Crippen molar-refractivity contribution < 1.29 is 20.1 Å². The van der Waals surface area contributed by atoms with E-state index in [1.54, 1.807) is 19.2 Å². The summed E-state index contributed by atoms with van der Waals surface area (Å²) < 4.78 is 5.31. The van der Waals surface area contributed by atoms with E-state index in [9.17, 15) is 15.3 Å². The van der Waals surface area contributed by atoms with Gasteiger partial charge in [0.1, 0.15) is 23.0 Å². The molecule has 0 amide bonds. The van der Waals surface area contributed by atoms with Gasteiger partial charge in [0.2, 0.25) is 0 Å². The zero-order chi connectivity index (χ0) is 14.2. The number of methoxy groups -OCH3 is 1. The van der Waals surface area contributed by atoms with Crippen molar-refractivity contribution in [1.29, 1.82) is 0 Å². The molecular formula is C15H16O4. The van der Waals surface area contributed by atoms with E-state index in [1.165, 1.54) is 12.1 Å². The third-order valence-corrected chi connectivity index (χ3v) is 3.14. The summed E-state index contributed by atoms with van der Waals surface area (Å²) in [6, 6.07) is 5.84. The molecule has 0 atom stereocenters. The zero-order valence-electron chi connectivity index (χ0n) is 11.1. The molecule has 0 unspecified atom stereocenters. The number of aryl methyl sites for hydroxylation is 1. The molecule has 4 nitrogen and oxygen atoms in total. The van der Waals surface area contributed by atoms with E-state index in [2.05, 4.69) is 0 Å². The topological polar surface area (TPSA) is 69.9 Å². The van der Waals surface area contributed by atoms with Crippen LogP contribution in [0.3, 0.4) is 0 Å². The van der Waals surface area contributed by atoms with Crippen molar-refractivity contribution in [3.63, 3.8) is 0 Å². The third kappa shape index (κ3) is 2.17. The summed E-state index contributed by atoms with van der Waals surface area (Å²) in [7, 11) is 1.56. The molecule has 0 aliphatic carbocycles. The zero-order valence-corrected chi connectivity index (χ0v) is 11.1. The molecule has 0 saturated heterocycles. The molecule has 0 saturated carbocycles. The van der Waals surface area contributed by atoms with E-state index in [1.807, 2.05) is 13.8 Å². The number of phenols is 3. The van der Waals surface area contributed by atoms with Gasteiger partial charge in [0.25, 0.3) is 0 Å². The molecule has 100 valence electrons. The van der Waals surface area contributed by atoms with Crippen LogP contribution in [0.4, 0.5) is 0 Å². The summed E-state index contributed by atoms with van der Waals surface area (Å²) in [6.07, 6.45) is 0. The van der Waals surface area contributed by atoms with Crippen molar-refractivity contribution in [3.05, 3.63) is 35.4 Å². The first-order chi connectivity index (χ1) is 8.95. The van der Waals surface area contributed by atoms with Crippen LogP contribution in [0.15, 0.2) is 24.3 Å². The van der Waals surface area contributed by atoms with Gasteiger partial charge in [-0.05, 0) is 37.6 Å². The minimum absolute atomic E-state index is 0.0301. The van der Waals surface area contributed by atoms with Crippen LogP contribution in [-0.2, 0) is 0 Å². The molecule has 0 radical (unpaired) electrons. The average Bonchev–Trinajstić information content (AvgIpc) is 2.31. The van der Waals surface area contributed by atoms with E-state index in [0.717, 1.165) is 11.1 Å². The lowest BCUT2D eigenvalue weighted by Crippen LogP contribution is -1.94. The Labute approximate surface area is 111 Å². The summed E-state index contributed by atoms with van der Waals surface area (Å²) in [5, 5.41) is 29.3. The Morgan fingerprint density at radius 1 is 0.947 bits per heavy atom. The second-order valence-corrected chi connectivity index (χ2v) is 4.45. The lowest BCUT2D eigenvalue weighted by molar-refractivity contribution is 0.406. The second-order valence-electron chi connectivity index (χ2n) is 4.45. The Morgan fingerprint density at radius 2 is 1.63 bits per heavy atom. The summed E-state index contributed by atoms with van der Waals surface area (Å²) in [6.45, 7) is 3.65. The van der Waals surface area contributed by atoms with Crippen LogP contribution < -0.4 is 4.74 Å². The van der Waals surface area contributed by atoms with Gasteiger partial charge in [-0.2, -0.15) is 0 Å². The molecule has 0 aromatic heterocycles. The van der Waals surface area contributed by atoms with Gasteiger partial charge in [-0.1, -0.05) is 0 Å². The highest BCUT2D eigenvalue weighted by Crippen LogP contribution is 2.43. The van der Waals surface area contributed by atoms with Gasteiger partial charge in [-0.15, -0.1) is 0 Å². The SMILES string of the molecule is COc1c(C)cc(O)c(-c2ccc(O)cc2O)c1C. The van der Waals surface area contributed by atoms with E-state index in [-0.39, 0.29) is 17.2 Å². The second kappa shape index (κ2) is 4.72. The third-order valence-electron chi connectivity index (χ3n) is 3.14. The predicted molar refractivity (Wildman–Crippen MR) is 72.9 cm³/mol. The van der Waals surface area contributed by atoms with Crippen LogP contribution >= 0.6 is 0 Å². The molecule has 2 rings (SSSR count). The average molecular weight is 260 g/mol. The lowest BCUT2D eigenvalue weighted by Gasteiger charge is -2.16. The van der Waals surface area contributed by atoms with Crippen molar-refractivity contribution in [2.24, 2.45) is 0 Å². The minimum atomic E-state index is -0.0932. The first-order valence-electron chi connectivity index (χ1n) is 5.85. The molecular weight excluding hydrogens is 244 g/mol. The molecule has 2 aromatic rings. The van der Waals surface area contributed by atoms with E-state index < -0.39 is 0 Å². The molecule has 0 spiro atoms. The fourth-order valence-corrected chi connectivity index (χ4v) is 2.33. The number of benzene rings is 2. The Balaban J connectivity index is 2.75. The normalized spacial score (nSPS) is 10.5. The van der Waals surface area contributed by atoms with Gasteiger partial charge in [-0.25, -0.2) is 0 Å². The first kappa shape index (κ1) is 13.1. The lowest BCUT2D eigenvalue weighted by atomic mass is 9.95. The Morgan fingerprint density at radius 3 is 2.21 bits per heavy atom. The maximum Gasteiger partial charge on any atom is 0.127 e. The van der Waals surface area contributed by atoms with Gasteiger partial charge in [0.05, 0.1) is 7.11 Å².